The maximum Gasteiger partial charge on any atom is 0.0234 e. The largest absolute Gasteiger partial charge is 0.308 e. The molecule has 2 nitrogen and oxygen atoms in total. The van der Waals surface area contributed by atoms with Crippen LogP contribution in [0.4, 0.5) is 0 Å². The van der Waals surface area contributed by atoms with Crippen molar-refractivity contribution in [3.8, 4) is 0 Å². The molecule has 1 saturated heterocycles. The molecule has 1 aromatic rings. The van der Waals surface area contributed by atoms with E-state index in [1.54, 1.807) is 0 Å². The van der Waals surface area contributed by atoms with E-state index in [-0.39, 0.29) is 5.54 Å². The molecule has 112 valence electrons. The van der Waals surface area contributed by atoms with Crippen molar-refractivity contribution in [1.29, 1.82) is 0 Å². The Labute approximate surface area is 124 Å². The SMILES string of the molecule is CC1CN(Cc2cccc(CNC(C)(C)C)c2)CC1C. The van der Waals surface area contributed by atoms with E-state index < -0.39 is 0 Å². The van der Waals surface area contributed by atoms with Gasteiger partial charge in [-0.3, -0.25) is 4.90 Å². The molecule has 1 heterocycles. The molecule has 20 heavy (non-hydrogen) atoms. The van der Waals surface area contributed by atoms with Gasteiger partial charge >= 0.3 is 0 Å². The third-order valence-corrected chi connectivity index (χ3v) is 4.28. The predicted molar refractivity (Wildman–Crippen MR) is 86.6 cm³/mol. The molecule has 1 fully saturated rings. The fourth-order valence-corrected chi connectivity index (χ4v) is 2.84. The van der Waals surface area contributed by atoms with Gasteiger partial charge in [-0.2, -0.15) is 0 Å². The minimum atomic E-state index is 0.176. The molecule has 1 aliphatic heterocycles. The molecule has 2 rings (SSSR count). The Hall–Kier alpha value is -0.860. The molecule has 0 aromatic heterocycles. The molecule has 0 saturated carbocycles. The lowest BCUT2D eigenvalue weighted by Crippen LogP contribution is -2.35. The van der Waals surface area contributed by atoms with Gasteiger partial charge in [-0.1, -0.05) is 38.1 Å². The van der Waals surface area contributed by atoms with E-state index in [1.165, 1.54) is 24.2 Å². The number of hydrogen-bond donors (Lipinski definition) is 1. The van der Waals surface area contributed by atoms with E-state index in [2.05, 4.69) is 69.1 Å². The van der Waals surface area contributed by atoms with E-state index in [9.17, 15) is 0 Å². The Balaban J connectivity index is 1.93. The van der Waals surface area contributed by atoms with Crippen molar-refractivity contribution in [2.75, 3.05) is 13.1 Å². The minimum absolute atomic E-state index is 0.176. The Morgan fingerprint density at radius 3 is 2.30 bits per heavy atom. The van der Waals surface area contributed by atoms with Gasteiger partial charge in [0, 0.05) is 31.7 Å². The molecule has 0 amide bonds. The van der Waals surface area contributed by atoms with Crippen molar-refractivity contribution in [3.63, 3.8) is 0 Å². The molecule has 0 aliphatic carbocycles. The van der Waals surface area contributed by atoms with Crippen LogP contribution in [-0.2, 0) is 13.1 Å². The lowest BCUT2D eigenvalue weighted by molar-refractivity contribution is 0.316. The van der Waals surface area contributed by atoms with Crippen molar-refractivity contribution in [2.45, 2.75) is 53.2 Å². The summed E-state index contributed by atoms with van der Waals surface area (Å²) >= 11 is 0. The van der Waals surface area contributed by atoms with Crippen molar-refractivity contribution >= 4 is 0 Å². The molecule has 0 bridgehead atoms. The van der Waals surface area contributed by atoms with Gasteiger partial charge in [0.2, 0.25) is 0 Å². The Morgan fingerprint density at radius 2 is 1.70 bits per heavy atom. The van der Waals surface area contributed by atoms with E-state index in [4.69, 9.17) is 0 Å². The summed E-state index contributed by atoms with van der Waals surface area (Å²) in [6.45, 7) is 15.9. The van der Waals surface area contributed by atoms with E-state index in [0.29, 0.717) is 0 Å². The second-order valence-corrected chi connectivity index (χ2v) is 7.57. The third-order valence-electron chi connectivity index (χ3n) is 4.28. The molecule has 0 radical (unpaired) electrons. The second kappa shape index (κ2) is 6.28. The lowest BCUT2D eigenvalue weighted by atomic mass is 10.0. The van der Waals surface area contributed by atoms with Crippen LogP contribution >= 0.6 is 0 Å². The molecule has 2 unspecified atom stereocenters. The molecule has 2 atom stereocenters. The normalized spacial score (nSPS) is 24.2. The highest BCUT2D eigenvalue weighted by molar-refractivity contribution is 5.23. The van der Waals surface area contributed by atoms with Crippen LogP contribution in [0.25, 0.3) is 0 Å². The topological polar surface area (TPSA) is 15.3 Å². The molecular weight excluding hydrogens is 244 g/mol. The van der Waals surface area contributed by atoms with Crippen LogP contribution < -0.4 is 5.32 Å². The van der Waals surface area contributed by atoms with Gasteiger partial charge in [-0.25, -0.2) is 0 Å². The first-order valence-corrected chi connectivity index (χ1v) is 7.89. The van der Waals surface area contributed by atoms with Gasteiger partial charge in [0.25, 0.3) is 0 Å². The number of hydrogen-bond acceptors (Lipinski definition) is 2. The molecule has 1 N–H and O–H groups in total. The molecule has 0 spiro atoms. The van der Waals surface area contributed by atoms with Crippen LogP contribution in [-0.4, -0.2) is 23.5 Å². The maximum absolute atomic E-state index is 3.56. The van der Waals surface area contributed by atoms with Gasteiger partial charge in [-0.15, -0.1) is 0 Å². The summed E-state index contributed by atoms with van der Waals surface area (Å²) in [6.07, 6.45) is 0. The zero-order valence-electron chi connectivity index (χ0n) is 13.7. The van der Waals surface area contributed by atoms with Crippen molar-refractivity contribution in [3.05, 3.63) is 35.4 Å². The highest BCUT2D eigenvalue weighted by atomic mass is 15.1. The summed E-state index contributed by atoms with van der Waals surface area (Å²) in [6, 6.07) is 9.02. The first-order valence-electron chi connectivity index (χ1n) is 7.89. The number of nitrogens with zero attached hydrogens (tertiary/aromatic N) is 1. The minimum Gasteiger partial charge on any atom is -0.308 e. The average Bonchev–Trinajstić information content (AvgIpc) is 2.65. The quantitative estimate of drug-likeness (QED) is 0.901. The van der Waals surface area contributed by atoms with Gasteiger partial charge in [0.15, 0.2) is 0 Å². The second-order valence-electron chi connectivity index (χ2n) is 7.57. The number of likely N-dealkylation sites (tertiary alicyclic amines) is 1. The van der Waals surface area contributed by atoms with E-state index in [0.717, 1.165) is 24.9 Å². The van der Waals surface area contributed by atoms with Crippen LogP contribution in [0.2, 0.25) is 0 Å². The fraction of sp³-hybridized carbons (Fsp3) is 0.667. The Bertz CT molecular complexity index is 423. The Morgan fingerprint density at radius 1 is 1.10 bits per heavy atom. The zero-order valence-corrected chi connectivity index (χ0v) is 13.7. The summed E-state index contributed by atoms with van der Waals surface area (Å²) in [5, 5.41) is 3.56. The highest BCUT2D eigenvalue weighted by Gasteiger charge is 2.25. The van der Waals surface area contributed by atoms with Crippen LogP contribution in [0.5, 0.6) is 0 Å². The van der Waals surface area contributed by atoms with Gasteiger partial charge in [0.1, 0.15) is 0 Å². The van der Waals surface area contributed by atoms with Crippen LogP contribution in [0.3, 0.4) is 0 Å². The van der Waals surface area contributed by atoms with Crippen molar-refractivity contribution in [1.82, 2.24) is 10.2 Å². The first-order chi connectivity index (χ1) is 9.33. The summed E-state index contributed by atoms with van der Waals surface area (Å²) in [7, 11) is 0. The van der Waals surface area contributed by atoms with Gasteiger partial charge in [-0.05, 0) is 43.7 Å². The standard InChI is InChI=1S/C18H30N2/c1-14-11-20(12-15(14)2)13-17-8-6-7-16(9-17)10-19-18(3,4)5/h6-9,14-15,19H,10-13H2,1-5H3. The highest BCUT2D eigenvalue weighted by Crippen LogP contribution is 2.23. The van der Waals surface area contributed by atoms with Crippen LogP contribution in [0, 0.1) is 11.8 Å². The fourth-order valence-electron chi connectivity index (χ4n) is 2.84. The molecular formula is C18H30N2. The summed E-state index contributed by atoms with van der Waals surface area (Å²) in [5.41, 5.74) is 3.01. The maximum atomic E-state index is 3.56. The molecule has 2 heteroatoms. The van der Waals surface area contributed by atoms with E-state index >= 15 is 0 Å². The number of nitrogens with one attached hydrogen (secondary N) is 1. The van der Waals surface area contributed by atoms with Gasteiger partial charge in [0.05, 0.1) is 0 Å². The van der Waals surface area contributed by atoms with Crippen LogP contribution in [0.1, 0.15) is 45.7 Å². The number of rotatable bonds is 4. The monoisotopic (exact) mass is 274 g/mol. The third kappa shape index (κ3) is 4.60. The predicted octanol–water partition coefficient (Wildman–Crippen LogP) is 3.66. The first kappa shape index (κ1) is 15.5. The summed E-state index contributed by atoms with van der Waals surface area (Å²) in [4.78, 5) is 2.59. The van der Waals surface area contributed by atoms with Crippen molar-refractivity contribution < 1.29 is 0 Å². The summed E-state index contributed by atoms with van der Waals surface area (Å²) in [5.74, 6) is 1.67. The molecule has 1 aliphatic rings. The zero-order chi connectivity index (χ0) is 14.8. The summed E-state index contributed by atoms with van der Waals surface area (Å²) < 4.78 is 0. The van der Waals surface area contributed by atoms with Crippen molar-refractivity contribution in [2.24, 2.45) is 11.8 Å². The van der Waals surface area contributed by atoms with E-state index in [1.807, 2.05) is 0 Å². The average molecular weight is 274 g/mol. The van der Waals surface area contributed by atoms with Gasteiger partial charge < -0.3 is 5.32 Å². The van der Waals surface area contributed by atoms with Crippen LogP contribution in [0.15, 0.2) is 24.3 Å². The Kier molecular flexibility index (Phi) is 4.87. The smallest absolute Gasteiger partial charge is 0.0234 e. The lowest BCUT2D eigenvalue weighted by Gasteiger charge is -2.21. The number of benzene rings is 1. The molecule has 1 aromatic carbocycles.